The summed E-state index contributed by atoms with van der Waals surface area (Å²) in [6.45, 7) is 0. The van der Waals surface area contributed by atoms with Gasteiger partial charge < -0.3 is 40.6 Å². The van der Waals surface area contributed by atoms with E-state index < -0.39 is 10.5 Å². The van der Waals surface area contributed by atoms with Crippen LogP contribution in [0.1, 0.15) is 0 Å². The van der Waals surface area contributed by atoms with Crippen LogP contribution in [0.15, 0.2) is 109 Å². The van der Waals surface area contributed by atoms with Gasteiger partial charge >= 0.3 is 37.7 Å². The molecule has 0 bridgehead atoms. The number of nitrogens with two attached hydrogens (primary N) is 1. The predicted octanol–water partition coefficient (Wildman–Crippen LogP) is 7.34. The molecule has 0 aliphatic rings. The summed E-state index contributed by atoms with van der Waals surface area (Å²) in [5, 5.41) is 7.59. The molecule has 7 heteroatoms. The first-order chi connectivity index (χ1) is 17.4. The van der Waals surface area contributed by atoms with Gasteiger partial charge in [-0.25, -0.2) is 0 Å². The zero-order valence-electron chi connectivity index (χ0n) is 19.8. The number of carbonyl (C=O) groups is 2. The molecule has 0 saturated carbocycles. The molecule has 0 aliphatic carbocycles. The zero-order chi connectivity index (χ0) is 25.2. The van der Waals surface area contributed by atoms with Crippen LogP contribution in [-0.4, -0.2) is 48.2 Å². The molecule has 2 N–H and O–H groups in total. The van der Waals surface area contributed by atoms with Crippen LogP contribution in [0.25, 0.3) is 43.1 Å². The van der Waals surface area contributed by atoms with Gasteiger partial charge in [0.15, 0.2) is 0 Å². The Labute approximate surface area is 255 Å². The number of primary amides is 1. The molecule has 0 aliphatic heterocycles. The van der Waals surface area contributed by atoms with Gasteiger partial charge in [0, 0.05) is 10.8 Å². The van der Waals surface area contributed by atoms with E-state index in [1.165, 1.54) is 10.8 Å². The number of rotatable bonds is 2. The molecule has 6 aromatic carbocycles. The van der Waals surface area contributed by atoms with E-state index in [0.717, 1.165) is 43.7 Å². The normalized spacial score (nSPS) is 10.5. The molecule has 0 heterocycles. The van der Waals surface area contributed by atoms with Crippen LogP contribution >= 0.6 is 0 Å². The summed E-state index contributed by atoms with van der Waals surface area (Å²) in [5.41, 5.74) is 5.89. The molecule has 0 fully saturated rings. The number of nitrogens with zero attached hydrogens (tertiary/aromatic N) is 1. The van der Waals surface area contributed by atoms with Crippen LogP contribution < -0.4 is 10.6 Å². The molecule has 0 unspecified atom stereocenters. The minimum atomic E-state index is -0.750. The van der Waals surface area contributed by atoms with E-state index in [1.54, 1.807) is 4.90 Å². The van der Waals surface area contributed by atoms with Crippen molar-refractivity contribution < 1.29 is 9.59 Å². The molecule has 0 saturated heterocycles. The largest absolute Gasteiger partial charge is 2.00 e. The molecular weight excluding hydrogens is 525 g/mol. The van der Waals surface area contributed by atoms with Crippen molar-refractivity contribution in [2.24, 2.45) is 5.73 Å². The molecule has 0 spiro atoms. The minimum absolute atomic E-state index is 0. The van der Waals surface area contributed by atoms with Crippen molar-refractivity contribution in [2.45, 2.75) is 0 Å². The first-order valence-corrected chi connectivity index (χ1v) is 12.0. The van der Waals surface area contributed by atoms with E-state index in [1.807, 2.05) is 48.5 Å². The molecule has 2 amide bonds. The Hall–Kier alpha value is -3.00. The van der Waals surface area contributed by atoms with Crippen molar-refractivity contribution in [3.63, 3.8) is 0 Å². The Morgan fingerprint density at radius 3 is 1.22 bits per heavy atom. The van der Waals surface area contributed by atoms with Crippen molar-refractivity contribution >= 4 is 128 Å². The van der Waals surface area contributed by atoms with Crippen LogP contribution in [0.5, 0.6) is 0 Å². The van der Waals surface area contributed by atoms with Gasteiger partial charge in [-0.1, -0.05) is 72.8 Å². The third kappa shape index (κ3) is 5.64. The smallest absolute Gasteiger partial charge is 0.719 e. The summed E-state index contributed by atoms with van der Waals surface area (Å²) in [6, 6.07) is 37.2. The molecule has 37 heavy (non-hydrogen) atoms. The number of carbonyl (C=O) groups excluding carboxylic acids is 2. The molecule has 0 aromatic heterocycles. The number of hydrogen-bond donors (Lipinski definition) is 1. The summed E-state index contributed by atoms with van der Waals surface area (Å²) in [5.74, 6) is 0. The molecular formula is C30H20CaN2O2S2. The second kappa shape index (κ2) is 11.6. The quantitative estimate of drug-likeness (QED) is 0.141. The molecule has 0 atom stereocenters. The standard InChI is InChI=1S/C29H19NOS.CH3NOS.Ca/c31-29(32)30(27-13-5-11-23-15-19-7-1-3-9-21(19)17-25(23)27)28-14-6-12-24-16-20-8-2-4-10-22(20)18-26(24)28;2-1(3)4;/h1-18H,(H,31,32);(H3,2,3,4);/q;;+2/p-2. The van der Waals surface area contributed by atoms with Gasteiger partial charge in [-0.2, -0.15) is 0 Å². The Morgan fingerprint density at radius 2 is 0.865 bits per heavy atom. The Bertz CT molecular complexity index is 1670. The number of amides is 2. The maximum absolute atomic E-state index is 12.9. The third-order valence-electron chi connectivity index (χ3n) is 6.11. The number of benzene rings is 6. The summed E-state index contributed by atoms with van der Waals surface area (Å²) >= 11 is 9.03. The van der Waals surface area contributed by atoms with E-state index in [4.69, 9.17) is 17.4 Å². The van der Waals surface area contributed by atoms with Crippen LogP contribution in [-0.2, 0) is 25.3 Å². The Kier molecular flexibility index (Phi) is 8.47. The average Bonchev–Trinajstić information content (AvgIpc) is 2.86. The Morgan fingerprint density at radius 1 is 0.541 bits per heavy atom. The van der Waals surface area contributed by atoms with Gasteiger partial charge in [0.25, 0.3) is 0 Å². The summed E-state index contributed by atoms with van der Waals surface area (Å²) < 4.78 is 0. The second-order valence-corrected chi connectivity index (χ2v) is 9.07. The third-order valence-corrected chi connectivity index (χ3v) is 6.29. The monoisotopic (exact) mass is 544 g/mol. The fourth-order valence-corrected chi connectivity index (χ4v) is 4.81. The van der Waals surface area contributed by atoms with Crippen LogP contribution in [0.3, 0.4) is 0 Å². The van der Waals surface area contributed by atoms with Crippen molar-refractivity contribution in [1.82, 2.24) is 0 Å². The summed E-state index contributed by atoms with van der Waals surface area (Å²) in [7, 11) is 0. The molecule has 0 radical (unpaired) electrons. The van der Waals surface area contributed by atoms with Crippen molar-refractivity contribution in [1.29, 1.82) is 0 Å². The fraction of sp³-hybridized carbons (Fsp3) is 0. The summed E-state index contributed by atoms with van der Waals surface area (Å²) in [6.07, 6.45) is 0. The Balaban J connectivity index is 0.000000599. The second-order valence-electron chi connectivity index (χ2n) is 8.32. The minimum Gasteiger partial charge on any atom is -0.719 e. The first kappa shape index (κ1) is 27.0. The van der Waals surface area contributed by atoms with Crippen LogP contribution in [0.2, 0.25) is 0 Å². The maximum atomic E-state index is 12.9. The fourth-order valence-electron chi connectivity index (χ4n) is 4.62. The zero-order valence-corrected chi connectivity index (χ0v) is 23.6. The van der Waals surface area contributed by atoms with E-state index in [9.17, 15) is 4.79 Å². The van der Waals surface area contributed by atoms with Gasteiger partial charge in [0.1, 0.15) is 5.24 Å². The van der Waals surface area contributed by atoms with Crippen molar-refractivity contribution in [2.75, 3.05) is 4.90 Å². The van der Waals surface area contributed by atoms with Crippen molar-refractivity contribution in [3.8, 4) is 0 Å². The van der Waals surface area contributed by atoms with Gasteiger partial charge in [-0.3, -0.25) is 4.90 Å². The topological polar surface area (TPSA) is 63.4 Å². The van der Waals surface area contributed by atoms with E-state index >= 15 is 0 Å². The molecule has 6 aromatic rings. The first-order valence-electron chi connectivity index (χ1n) is 11.2. The van der Waals surface area contributed by atoms with E-state index in [0.29, 0.717) is 0 Å². The molecule has 6 rings (SSSR count). The van der Waals surface area contributed by atoms with Gasteiger partial charge in [0.2, 0.25) is 0 Å². The number of anilines is 2. The van der Waals surface area contributed by atoms with Crippen LogP contribution in [0, 0.1) is 0 Å². The SMILES string of the molecule is NC(=O)[S-].O=C([S-])N(c1cccc2cc3ccccc3cc12)c1cccc2cc3ccccc3cc12.[Ca+2]. The summed E-state index contributed by atoms with van der Waals surface area (Å²) in [4.78, 5) is 23.6. The average molecular weight is 545 g/mol. The van der Waals surface area contributed by atoms with E-state index in [-0.39, 0.29) is 37.7 Å². The maximum Gasteiger partial charge on any atom is 2.00 e. The van der Waals surface area contributed by atoms with Gasteiger partial charge in [0.05, 0.1) is 16.6 Å². The van der Waals surface area contributed by atoms with Gasteiger partial charge in [-0.15, -0.1) is 0 Å². The number of fused-ring (bicyclic) bond motifs is 4. The van der Waals surface area contributed by atoms with Gasteiger partial charge in [-0.05, 0) is 68.7 Å². The molecule has 176 valence electrons. The predicted molar refractivity (Wildman–Crippen MR) is 161 cm³/mol. The van der Waals surface area contributed by atoms with Crippen molar-refractivity contribution in [3.05, 3.63) is 109 Å². The number of hydrogen-bond acceptors (Lipinski definition) is 4. The van der Waals surface area contributed by atoms with E-state index in [2.05, 4.69) is 79.0 Å². The molecule has 4 nitrogen and oxygen atoms in total. The van der Waals surface area contributed by atoms with Crippen LogP contribution in [0.4, 0.5) is 21.0 Å².